The van der Waals surface area contributed by atoms with Crippen molar-refractivity contribution >= 4 is 5.69 Å². The molecule has 1 unspecified atom stereocenters. The summed E-state index contributed by atoms with van der Waals surface area (Å²) in [5.41, 5.74) is 3.14. The Balaban J connectivity index is 2.02. The van der Waals surface area contributed by atoms with E-state index in [1.54, 1.807) is 0 Å². The van der Waals surface area contributed by atoms with Gasteiger partial charge in [0.1, 0.15) is 0 Å². The van der Waals surface area contributed by atoms with Gasteiger partial charge in [0.25, 0.3) is 0 Å². The zero-order valence-electron chi connectivity index (χ0n) is 12.5. The van der Waals surface area contributed by atoms with Gasteiger partial charge < -0.3 is 10.0 Å². The van der Waals surface area contributed by atoms with Crippen LogP contribution in [-0.2, 0) is 5.41 Å². The first kappa shape index (κ1) is 14.4. The third-order valence-corrected chi connectivity index (χ3v) is 4.73. The number of aliphatic hydroxyl groups excluding tert-OH is 1. The van der Waals surface area contributed by atoms with Gasteiger partial charge in [0.15, 0.2) is 0 Å². The lowest BCUT2D eigenvalue weighted by molar-refractivity contribution is 0.282. The molecule has 0 aliphatic carbocycles. The number of benzene rings is 1. The number of rotatable bonds is 6. The molecule has 1 atom stereocenters. The molecule has 0 spiro atoms. The monoisotopic (exact) mass is 261 g/mol. The fourth-order valence-corrected chi connectivity index (χ4v) is 3.15. The maximum atomic E-state index is 8.81. The summed E-state index contributed by atoms with van der Waals surface area (Å²) in [6.45, 7) is 8.50. The molecule has 0 amide bonds. The lowest BCUT2D eigenvalue weighted by atomic mass is 9.81. The van der Waals surface area contributed by atoms with E-state index in [1.165, 1.54) is 24.1 Å². The van der Waals surface area contributed by atoms with Crippen LogP contribution in [0, 0.1) is 0 Å². The molecule has 1 N–H and O–H groups in total. The zero-order valence-corrected chi connectivity index (χ0v) is 12.5. The fourth-order valence-electron chi connectivity index (χ4n) is 3.15. The van der Waals surface area contributed by atoms with Gasteiger partial charge in [-0.05, 0) is 31.4 Å². The Hall–Kier alpha value is -1.02. The van der Waals surface area contributed by atoms with Crippen molar-refractivity contribution in [1.29, 1.82) is 0 Å². The molecule has 1 aliphatic rings. The quantitative estimate of drug-likeness (QED) is 0.789. The van der Waals surface area contributed by atoms with Gasteiger partial charge in [-0.1, -0.05) is 44.9 Å². The molecule has 2 rings (SSSR count). The van der Waals surface area contributed by atoms with Gasteiger partial charge in [0, 0.05) is 30.3 Å². The van der Waals surface area contributed by atoms with Crippen LogP contribution in [0.4, 0.5) is 5.69 Å². The number of hydrogen-bond donors (Lipinski definition) is 1. The van der Waals surface area contributed by atoms with Crippen LogP contribution in [0.1, 0.15) is 52.0 Å². The molecular weight excluding hydrogens is 234 g/mol. The summed E-state index contributed by atoms with van der Waals surface area (Å²) in [5, 5.41) is 8.81. The van der Waals surface area contributed by atoms with Crippen LogP contribution in [0.2, 0.25) is 0 Å². The Kier molecular flexibility index (Phi) is 4.51. The minimum Gasteiger partial charge on any atom is -0.396 e. The average molecular weight is 261 g/mol. The van der Waals surface area contributed by atoms with Crippen LogP contribution in [0.25, 0.3) is 0 Å². The van der Waals surface area contributed by atoms with Crippen molar-refractivity contribution in [2.75, 3.05) is 18.1 Å². The molecule has 1 heterocycles. The molecule has 0 aromatic heterocycles. The van der Waals surface area contributed by atoms with Gasteiger partial charge in [0.05, 0.1) is 0 Å². The van der Waals surface area contributed by atoms with E-state index in [4.69, 9.17) is 5.11 Å². The Labute approximate surface area is 117 Å². The van der Waals surface area contributed by atoms with Crippen molar-refractivity contribution in [3.63, 3.8) is 0 Å². The summed E-state index contributed by atoms with van der Waals surface area (Å²) in [6, 6.07) is 9.39. The van der Waals surface area contributed by atoms with Crippen molar-refractivity contribution in [2.45, 2.75) is 57.9 Å². The Morgan fingerprint density at radius 1 is 1.11 bits per heavy atom. The first-order valence-electron chi connectivity index (χ1n) is 7.56. The second-order valence-corrected chi connectivity index (χ2v) is 6.25. The third kappa shape index (κ3) is 2.79. The van der Waals surface area contributed by atoms with Gasteiger partial charge in [-0.3, -0.25) is 0 Å². The second-order valence-electron chi connectivity index (χ2n) is 6.25. The van der Waals surface area contributed by atoms with Gasteiger partial charge >= 0.3 is 0 Å². The summed E-state index contributed by atoms with van der Waals surface area (Å²) >= 11 is 0. The van der Waals surface area contributed by atoms with Gasteiger partial charge in [-0.25, -0.2) is 0 Å². The molecule has 0 saturated heterocycles. The number of para-hydroxylation sites is 1. The van der Waals surface area contributed by atoms with E-state index >= 15 is 0 Å². The summed E-state index contributed by atoms with van der Waals surface area (Å²) in [6.07, 6.45) is 4.52. The Morgan fingerprint density at radius 2 is 1.79 bits per heavy atom. The number of anilines is 1. The van der Waals surface area contributed by atoms with Gasteiger partial charge in [-0.2, -0.15) is 0 Å². The third-order valence-electron chi connectivity index (χ3n) is 4.73. The molecule has 1 aliphatic heterocycles. The largest absolute Gasteiger partial charge is 0.396 e. The summed E-state index contributed by atoms with van der Waals surface area (Å²) in [4.78, 5) is 2.56. The van der Waals surface area contributed by atoms with Gasteiger partial charge in [-0.15, -0.1) is 0 Å². The summed E-state index contributed by atoms with van der Waals surface area (Å²) < 4.78 is 0. The second kappa shape index (κ2) is 5.96. The molecule has 1 aromatic rings. The lowest BCUT2D eigenvalue weighted by Crippen LogP contribution is -2.39. The van der Waals surface area contributed by atoms with Crippen LogP contribution in [0.5, 0.6) is 0 Å². The molecule has 0 bridgehead atoms. The normalized spacial score (nSPS) is 20.6. The van der Waals surface area contributed by atoms with Crippen LogP contribution < -0.4 is 4.90 Å². The Bertz CT molecular complexity index is 413. The van der Waals surface area contributed by atoms with Crippen molar-refractivity contribution < 1.29 is 5.11 Å². The highest BCUT2D eigenvalue weighted by Gasteiger charge is 2.40. The molecule has 1 aromatic carbocycles. The molecule has 2 nitrogen and oxygen atoms in total. The first-order valence-corrected chi connectivity index (χ1v) is 7.56. The highest BCUT2D eigenvalue weighted by atomic mass is 16.2. The average Bonchev–Trinajstić information content (AvgIpc) is 2.60. The maximum Gasteiger partial charge on any atom is 0.0431 e. The van der Waals surface area contributed by atoms with Crippen molar-refractivity contribution in [2.24, 2.45) is 0 Å². The number of unbranched alkanes of at least 4 members (excludes halogenated alkanes) is 3. The minimum atomic E-state index is 0.238. The fraction of sp³-hybridized carbons (Fsp3) is 0.647. The van der Waals surface area contributed by atoms with Crippen molar-refractivity contribution in [3.05, 3.63) is 29.8 Å². The predicted molar refractivity (Wildman–Crippen MR) is 81.8 cm³/mol. The van der Waals surface area contributed by atoms with Crippen LogP contribution >= 0.6 is 0 Å². The van der Waals surface area contributed by atoms with Crippen LogP contribution in [-0.4, -0.2) is 24.3 Å². The van der Waals surface area contributed by atoms with E-state index in [2.05, 4.69) is 49.9 Å². The number of fused-ring (bicyclic) bond motifs is 1. The van der Waals surface area contributed by atoms with Crippen LogP contribution in [0.15, 0.2) is 24.3 Å². The summed E-state index contributed by atoms with van der Waals surface area (Å²) in [5.74, 6) is 0. The minimum absolute atomic E-state index is 0.238. The topological polar surface area (TPSA) is 23.5 Å². The molecule has 106 valence electrons. The molecule has 2 heteroatoms. The molecule has 0 saturated carbocycles. The van der Waals surface area contributed by atoms with Crippen molar-refractivity contribution in [1.82, 2.24) is 0 Å². The van der Waals surface area contributed by atoms with E-state index in [0.717, 1.165) is 19.4 Å². The SMILES string of the molecule is CC1N(CCCCCCO)c2ccccc2C1(C)C. The van der Waals surface area contributed by atoms with E-state index in [-0.39, 0.29) is 5.41 Å². The predicted octanol–water partition coefficient (Wildman–Crippen LogP) is 3.73. The van der Waals surface area contributed by atoms with E-state index < -0.39 is 0 Å². The maximum absolute atomic E-state index is 8.81. The van der Waals surface area contributed by atoms with Crippen molar-refractivity contribution in [3.8, 4) is 0 Å². The molecule has 19 heavy (non-hydrogen) atoms. The number of hydrogen-bond acceptors (Lipinski definition) is 2. The smallest absolute Gasteiger partial charge is 0.0431 e. The van der Waals surface area contributed by atoms with E-state index in [1.807, 2.05) is 0 Å². The number of nitrogens with zero attached hydrogens (tertiary/aromatic N) is 1. The summed E-state index contributed by atoms with van der Waals surface area (Å²) in [7, 11) is 0. The first-order chi connectivity index (χ1) is 9.09. The number of aliphatic hydroxyl groups is 1. The Morgan fingerprint density at radius 3 is 2.53 bits per heavy atom. The highest BCUT2D eigenvalue weighted by Crippen LogP contribution is 2.44. The highest BCUT2D eigenvalue weighted by molar-refractivity contribution is 5.63. The van der Waals surface area contributed by atoms with Gasteiger partial charge in [0.2, 0.25) is 0 Å². The standard InChI is InChI=1S/C17H27NO/c1-14-17(2,3)15-10-6-7-11-16(15)18(14)12-8-4-5-9-13-19/h6-7,10-11,14,19H,4-5,8-9,12-13H2,1-3H3. The lowest BCUT2D eigenvalue weighted by Gasteiger charge is -2.31. The zero-order chi connectivity index (χ0) is 13.9. The van der Waals surface area contributed by atoms with E-state index in [9.17, 15) is 0 Å². The van der Waals surface area contributed by atoms with Crippen LogP contribution in [0.3, 0.4) is 0 Å². The molecule has 0 radical (unpaired) electrons. The van der Waals surface area contributed by atoms with E-state index in [0.29, 0.717) is 12.6 Å². The molecular formula is C17H27NO. The molecule has 0 fully saturated rings.